The van der Waals surface area contributed by atoms with Gasteiger partial charge >= 0.3 is 0 Å². The van der Waals surface area contributed by atoms with Crippen LogP contribution in [0.25, 0.3) is 0 Å². The van der Waals surface area contributed by atoms with E-state index in [9.17, 15) is 22.8 Å². The van der Waals surface area contributed by atoms with Gasteiger partial charge in [0.2, 0.25) is 11.8 Å². The van der Waals surface area contributed by atoms with Crippen molar-refractivity contribution < 1.29 is 22.8 Å². The van der Waals surface area contributed by atoms with Crippen LogP contribution < -0.4 is 5.32 Å². The molecule has 1 unspecified atom stereocenters. The molecule has 5 nitrogen and oxygen atoms in total. The molecule has 0 saturated carbocycles. The number of nitrogens with one attached hydrogen (secondary N) is 1. The van der Waals surface area contributed by atoms with Crippen LogP contribution in [-0.2, 0) is 16.1 Å². The Morgan fingerprint density at radius 2 is 1.85 bits per heavy atom. The summed E-state index contributed by atoms with van der Waals surface area (Å²) in [6.07, 6.45) is -1.40. The van der Waals surface area contributed by atoms with E-state index in [1.165, 1.54) is 43.5 Å². The molecular formula is C19H20F3N3O2. The lowest BCUT2D eigenvalue weighted by Gasteiger charge is -2.30. The molecule has 144 valence electrons. The van der Waals surface area contributed by atoms with Crippen LogP contribution in [0.15, 0.2) is 48.7 Å². The van der Waals surface area contributed by atoms with E-state index >= 15 is 0 Å². The molecule has 0 radical (unpaired) electrons. The minimum Gasteiger partial charge on any atom is -0.350 e. The van der Waals surface area contributed by atoms with E-state index in [4.69, 9.17) is 0 Å². The maximum Gasteiger partial charge on any atom is 0.255 e. The second kappa shape index (κ2) is 9.70. The number of hydrogen-bond acceptors (Lipinski definition) is 3. The van der Waals surface area contributed by atoms with Crippen molar-refractivity contribution in [2.24, 2.45) is 0 Å². The van der Waals surface area contributed by atoms with E-state index in [0.717, 1.165) is 4.90 Å². The van der Waals surface area contributed by atoms with Crippen LogP contribution in [0.1, 0.15) is 30.6 Å². The normalized spacial score (nSPS) is 11.9. The maximum atomic E-state index is 13.0. The van der Waals surface area contributed by atoms with Gasteiger partial charge in [0, 0.05) is 19.2 Å². The smallest absolute Gasteiger partial charge is 0.255 e. The van der Waals surface area contributed by atoms with Gasteiger partial charge in [0.1, 0.15) is 5.82 Å². The first-order chi connectivity index (χ1) is 12.9. The average Bonchev–Trinajstić information content (AvgIpc) is 2.67. The number of halogens is 3. The predicted molar refractivity (Wildman–Crippen MR) is 93.2 cm³/mol. The molecule has 0 aliphatic carbocycles. The summed E-state index contributed by atoms with van der Waals surface area (Å²) < 4.78 is 39.0. The monoisotopic (exact) mass is 379 g/mol. The highest BCUT2D eigenvalue weighted by atomic mass is 19.3. The Morgan fingerprint density at radius 3 is 2.41 bits per heavy atom. The summed E-state index contributed by atoms with van der Waals surface area (Å²) in [4.78, 5) is 29.9. The number of nitrogens with zero attached hydrogens (tertiary/aromatic N) is 2. The van der Waals surface area contributed by atoms with Gasteiger partial charge in [0.05, 0.1) is 12.2 Å². The van der Waals surface area contributed by atoms with Gasteiger partial charge in [0.15, 0.2) is 6.04 Å². The molecule has 0 fully saturated rings. The fourth-order valence-corrected chi connectivity index (χ4v) is 2.56. The number of aromatic nitrogens is 1. The Morgan fingerprint density at radius 1 is 1.15 bits per heavy atom. The van der Waals surface area contributed by atoms with Crippen LogP contribution in [0.3, 0.4) is 0 Å². The highest BCUT2D eigenvalue weighted by Crippen LogP contribution is 2.22. The Kier molecular flexibility index (Phi) is 7.34. The van der Waals surface area contributed by atoms with E-state index in [-0.39, 0.29) is 18.7 Å². The van der Waals surface area contributed by atoms with Crippen molar-refractivity contribution in [2.45, 2.75) is 32.4 Å². The molecule has 0 spiro atoms. The van der Waals surface area contributed by atoms with Gasteiger partial charge in [-0.1, -0.05) is 25.1 Å². The summed E-state index contributed by atoms with van der Waals surface area (Å²) in [5.74, 6) is -1.63. The van der Waals surface area contributed by atoms with Gasteiger partial charge in [-0.05, 0) is 29.8 Å². The highest BCUT2D eigenvalue weighted by Gasteiger charge is 2.33. The van der Waals surface area contributed by atoms with Crippen LogP contribution in [0, 0.1) is 5.82 Å². The summed E-state index contributed by atoms with van der Waals surface area (Å²) in [6.45, 7) is 0.718. The molecule has 0 saturated heterocycles. The van der Waals surface area contributed by atoms with E-state index in [1.54, 1.807) is 12.1 Å². The highest BCUT2D eigenvalue weighted by molar-refractivity contribution is 5.88. The van der Waals surface area contributed by atoms with Crippen molar-refractivity contribution in [2.75, 3.05) is 6.54 Å². The maximum absolute atomic E-state index is 13.0. The number of carbonyl (C=O) groups is 2. The van der Waals surface area contributed by atoms with Gasteiger partial charge in [-0.3, -0.25) is 14.6 Å². The minimum absolute atomic E-state index is 0.0265. The van der Waals surface area contributed by atoms with E-state index in [0.29, 0.717) is 5.56 Å². The van der Waals surface area contributed by atoms with Crippen LogP contribution in [0.4, 0.5) is 13.2 Å². The number of benzene rings is 1. The summed E-state index contributed by atoms with van der Waals surface area (Å²) in [5, 5.41) is 2.61. The average molecular weight is 379 g/mol. The summed E-state index contributed by atoms with van der Waals surface area (Å²) in [5.41, 5.74) is 0.823. The third-order valence-corrected chi connectivity index (χ3v) is 3.87. The summed E-state index contributed by atoms with van der Waals surface area (Å²) in [7, 11) is 0. The molecule has 0 aliphatic rings. The van der Waals surface area contributed by atoms with Gasteiger partial charge < -0.3 is 10.2 Å². The molecule has 1 aromatic carbocycles. The van der Waals surface area contributed by atoms with Crippen LogP contribution >= 0.6 is 0 Å². The van der Waals surface area contributed by atoms with Crippen molar-refractivity contribution in [3.8, 4) is 0 Å². The lowest BCUT2D eigenvalue weighted by atomic mass is 10.1. The third kappa shape index (κ3) is 5.80. The molecule has 2 amide bonds. The molecule has 1 aromatic heterocycles. The molecule has 0 aliphatic heterocycles. The summed E-state index contributed by atoms with van der Waals surface area (Å²) >= 11 is 0. The minimum atomic E-state index is -2.79. The van der Waals surface area contributed by atoms with Gasteiger partial charge in [-0.15, -0.1) is 0 Å². The van der Waals surface area contributed by atoms with Crippen molar-refractivity contribution in [1.29, 1.82) is 0 Å². The first-order valence-corrected chi connectivity index (χ1v) is 8.43. The molecule has 2 aromatic rings. The Bertz CT molecular complexity index is 755. The lowest BCUT2D eigenvalue weighted by Crippen LogP contribution is -2.45. The van der Waals surface area contributed by atoms with Crippen LogP contribution in [0.2, 0.25) is 0 Å². The first-order valence-electron chi connectivity index (χ1n) is 8.43. The zero-order valence-corrected chi connectivity index (χ0v) is 14.7. The molecule has 2 rings (SSSR count). The Labute approximate surface area is 155 Å². The van der Waals surface area contributed by atoms with Crippen molar-refractivity contribution in [3.05, 3.63) is 65.7 Å². The SMILES string of the molecule is CCC(=O)N(CC(F)F)C(C(=O)NCc1ccc(F)cc1)c1ccccn1. The molecule has 1 N–H and O–H groups in total. The van der Waals surface area contributed by atoms with Crippen molar-refractivity contribution >= 4 is 11.8 Å². The largest absolute Gasteiger partial charge is 0.350 e. The number of rotatable bonds is 8. The zero-order chi connectivity index (χ0) is 19.8. The van der Waals surface area contributed by atoms with Gasteiger partial charge in [-0.25, -0.2) is 13.2 Å². The van der Waals surface area contributed by atoms with E-state index < -0.39 is 36.6 Å². The quantitative estimate of drug-likeness (QED) is 0.767. The van der Waals surface area contributed by atoms with Gasteiger partial charge in [-0.2, -0.15) is 0 Å². The molecule has 1 atom stereocenters. The first kappa shape index (κ1) is 20.4. The number of alkyl halides is 2. The predicted octanol–water partition coefficient (Wildman–Crippen LogP) is 3.08. The van der Waals surface area contributed by atoms with Crippen LogP contribution in [0.5, 0.6) is 0 Å². The molecule has 0 bridgehead atoms. The zero-order valence-electron chi connectivity index (χ0n) is 14.7. The number of pyridine rings is 1. The topological polar surface area (TPSA) is 62.3 Å². The number of amides is 2. The van der Waals surface area contributed by atoms with Crippen molar-refractivity contribution in [1.82, 2.24) is 15.2 Å². The second-order valence-electron chi connectivity index (χ2n) is 5.79. The fraction of sp³-hybridized carbons (Fsp3) is 0.316. The Hall–Kier alpha value is -2.90. The number of hydrogen-bond donors (Lipinski definition) is 1. The Balaban J connectivity index is 2.26. The third-order valence-electron chi connectivity index (χ3n) is 3.87. The molecule has 27 heavy (non-hydrogen) atoms. The van der Waals surface area contributed by atoms with Crippen LogP contribution in [-0.4, -0.2) is 34.7 Å². The molecule has 8 heteroatoms. The standard InChI is InChI=1S/C19H20F3N3O2/c1-2-17(26)25(12-16(21)22)18(15-5-3-4-10-23-15)19(27)24-11-13-6-8-14(20)9-7-13/h3-10,16,18H,2,11-12H2,1H3,(H,24,27). The molecular weight excluding hydrogens is 359 g/mol. The molecule has 1 heterocycles. The van der Waals surface area contributed by atoms with Gasteiger partial charge in [0.25, 0.3) is 6.43 Å². The lowest BCUT2D eigenvalue weighted by molar-refractivity contribution is -0.143. The van der Waals surface area contributed by atoms with Crippen molar-refractivity contribution in [3.63, 3.8) is 0 Å². The second-order valence-corrected chi connectivity index (χ2v) is 5.79. The van der Waals surface area contributed by atoms with E-state index in [2.05, 4.69) is 10.3 Å². The fourth-order valence-electron chi connectivity index (χ4n) is 2.56. The van der Waals surface area contributed by atoms with E-state index in [1.807, 2.05) is 0 Å². The number of carbonyl (C=O) groups excluding carboxylic acids is 2. The summed E-state index contributed by atoms with van der Waals surface area (Å²) in [6, 6.07) is 8.95.